The number of nitrogens with one attached hydrogen (secondary N) is 1. The first kappa shape index (κ1) is 19.6. The summed E-state index contributed by atoms with van der Waals surface area (Å²) in [6, 6.07) is 0.182. The molecule has 2 saturated heterocycles. The van der Waals surface area contributed by atoms with E-state index in [2.05, 4.69) is 10.2 Å². The fourth-order valence-corrected chi connectivity index (χ4v) is 4.74. The van der Waals surface area contributed by atoms with E-state index in [-0.39, 0.29) is 29.7 Å². The zero-order valence-electron chi connectivity index (χ0n) is 16.1. The van der Waals surface area contributed by atoms with Crippen molar-refractivity contribution in [2.45, 2.75) is 63.8 Å². The van der Waals surface area contributed by atoms with E-state index in [1.54, 1.807) is 0 Å². The molecule has 2 unspecified atom stereocenters. The summed E-state index contributed by atoms with van der Waals surface area (Å²) in [5, 5.41) is 3.10. The third-order valence-electron chi connectivity index (χ3n) is 6.39. The number of hydrogen-bond donors (Lipinski definition) is 2. The van der Waals surface area contributed by atoms with Gasteiger partial charge in [-0.25, -0.2) is 0 Å². The second-order valence-electron chi connectivity index (χ2n) is 8.42. The predicted octanol–water partition coefficient (Wildman–Crippen LogP) is 1.34. The second-order valence-corrected chi connectivity index (χ2v) is 8.42. The molecule has 3 N–H and O–H groups in total. The van der Waals surface area contributed by atoms with Gasteiger partial charge in [-0.05, 0) is 71.0 Å². The molecule has 0 aromatic heterocycles. The molecule has 148 valence electrons. The molecule has 1 saturated carbocycles. The van der Waals surface area contributed by atoms with Crippen LogP contribution in [0.3, 0.4) is 0 Å². The van der Waals surface area contributed by atoms with Gasteiger partial charge in [0, 0.05) is 37.5 Å². The molecule has 0 aromatic carbocycles. The van der Waals surface area contributed by atoms with Crippen molar-refractivity contribution in [1.82, 2.24) is 15.1 Å². The van der Waals surface area contributed by atoms with E-state index in [4.69, 9.17) is 5.73 Å². The number of carbonyl (C=O) groups is 2. The molecular weight excluding hydrogens is 328 g/mol. The average Bonchev–Trinajstić information content (AvgIpc) is 3.18. The van der Waals surface area contributed by atoms with Crippen LogP contribution in [-0.2, 0) is 9.59 Å². The molecule has 0 spiro atoms. The van der Waals surface area contributed by atoms with Gasteiger partial charge in [0.05, 0.1) is 0 Å². The van der Waals surface area contributed by atoms with Crippen LogP contribution in [0.15, 0.2) is 0 Å². The molecule has 26 heavy (non-hydrogen) atoms. The Labute approximate surface area is 157 Å². The van der Waals surface area contributed by atoms with Gasteiger partial charge in [0.2, 0.25) is 11.8 Å². The van der Waals surface area contributed by atoms with Gasteiger partial charge in [-0.15, -0.1) is 0 Å². The topological polar surface area (TPSA) is 78.7 Å². The van der Waals surface area contributed by atoms with Crippen LogP contribution in [-0.4, -0.2) is 66.9 Å². The molecule has 3 aliphatic rings. The fraction of sp³-hybridized carbons (Fsp3) is 0.900. The zero-order chi connectivity index (χ0) is 18.4. The number of carbonyl (C=O) groups excluding carboxylic acids is 2. The summed E-state index contributed by atoms with van der Waals surface area (Å²) in [6.45, 7) is 5.73. The van der Waals surface area contributed by atoms with Crippen molar-refractivity contribution in [2.75, 3.05) is 39.3 Å². The van der Waals surface area contributed by atoms with Gasteiger partial charge in [0.15, 0.2) is 0 Å². The van der Waals surface area contributed by atoms with Crippen LogP contribution in [0.4, 0.5) is 0 Å². The molecule has 2 heterocycles. The minimum atomic E-state index is 0.0689. The van der Waals surface area contributed by atoms with Crippen LogP contribution in [0.2, 0.25) is 0 Å². The number of likely N-dealkylation sites (tertiary alicyclic amines) is 2. The van der Waals surface area contributed by atoms with Crippen molar-refractivity contribution >= 4 is 11.8 Å². The molecule has 6 heteroatoms. The first-order chi connectivity index (χ1) is 12.6. The highest BCUT2D eigenvalue weighted by atomic mass is 16.2. The number of hydrogen-bond acceptors (Lipinski definition) is 4. The summed E-state index contributed by atoms with van der Waals surface area (Å²) in [7, 11) is 0. The molecule has 3 rings (SSSR count). The fourth-order valence-electron chi connectivity index (χ4n) is 4.74. The van der Waals surface area contributed by atoms with Gasteiger partial charge < -0.3 is 20.9 Å². The lowest BCUT2D eigenvalue weighted by molar-refractivity contribution is -0.140. The van der Waals surface area contributed by atoms with Gasteiger partial charge in [-0.1, -0.05) is 6.42 Å². The maximum Gasteiger partial charge on any atom is 0.225 e. The summed E-state index contributed by atoms with van der Waals surface area (Å²) in [6.07, 6.45) is 9.17. The van der Waals surface area contributed by atoms with Crippen LogP contribution < -0.4 is 11.1 Å². The summed E-state index contributed by atoms with van der Waals surface area (Å²) < 4.78 is 0. The Morgan fingerprint density at radius 1 is 0.923 bits per heavy atom. The van der Waals surface area contributed by atoms with E-state index in [0.717, 1.165) is 71.1 Å². The minimum absolute atomic E-state index is 0.0689. The Bertz CT molecular complexity index is 470. The van der Waals surface area contributed by atoms with Crippen molar-refractivity contribution in [3.8, 4) is 0 Å². The molecule has 3 fully saturated rings. The maximum absolute atomic E-state index is 12.7. The largest absolute Gasteiger partial charge is 0.356 e. The van der Waals surface area contributed by atoms with Crippen LogP contribution in [0.1, 0.15) is 57.8 Å². The standard InChI is InChI=1S/C20H36N4O2/c21-18-6-3-5-17(15-18)20(26)24-13-7-16(8-14-24)19(25)22-9-4-12-23-10-1-2-11-23/h16-18H,1-15,21H2,(H,22,25). The number of piperidine rings is 1. The number of rotatable bonds is 6. The SMILES string of the molecule is NC1CCCC(C(=O)N2CCC(C(=O)NCCCN3CCCC3)CC2)C1. The van der Waals surface area contributed by atoms with Crippen molar-refractivity contribution in [2.24, 2.45) is 17.6 Å². The third-order valence-corrected chi connectivity index (χ3v) is 6.39. The molecule has 2 amide bonds. The van der Waals surface area contributed by atoms with Crippen molar-refractivity contribution in [1.29, 1.82) is 0 Å². The quantitative estimate of drug-likeness (QED) is 0.697. The highest BCUT2D eigenvalue weighted by Gasteiger charge is 2.32. The van der Waals surface area contributed by atoms with E-state index in [0.29, 0.717) is 0 Å². The lowest BCUT2D eigenvalue weighted by Crippen LogP contribution is -2.46. The lowest BCUT2D eigenvalue weighted by atomic mass is 9.84. The monoisotopic (exact) mass is 364 g/mol. The molecule has 2 aliphatic heterocycles. The van der Waals surface area contributed by atoms with E-state index in [1.165, 1.54) is 25.9 Å². The first-order valence-corrected chi connectivity index (χ1v) is 10.7. The molecule has 0 radical (unpaired) electrons. The van der Waals surface area contributed by atoms with Crippen LogP contribution in [0, 0.1) is 11.8 Å². The molecule has 0 aromatic rings. The summed E-state index contributed by atoms with van der Waals surface area (Å²) >= 11 is 0. The third kappa shape index (κ3) is 5.43. The van der Waals surface area contributed by atoms with Gasteiger partial charge in [-0.3, -0.25) is 9.59 Å². The maximum atomic E-state index is 12.7. The Hall–Kier alpha value is -1.14. The summed E-state index contributed by atoms with van der Waals surface area (Å²) in [5.41, 5.74) is 6.03. The van der Waals surface area contributed by atoms with Gasteiger partial charge in [0.1, 0.15) is 0 Å². The van der Waals surface area contributed by atoms with E-state index < -0.39 is 0 Å². The summed E-state index contributed by atoms with van der Waals surface area (Å²) in [4.78, 5) is 29.5. The lowest BCUT2D eigenvalue weighted by Gasteiger charge is -2.35. The first-order valence-electron chi connectivity index (χ1n) is 10.7. The van der Waals surface area contributed by atoms with Crippen LogP contribution in [0.25, 0.3) is 0 Å². The van der Waals surface area contributed by atoms with Crippen LogP contribution >= 0.6 is 0 Å². The molecule has 2 atom stereocenters. The van der Waals surface area contributed by atoms with E-state index in [9.17, 15) is 9.59 Å². The molecule has 6 nitrogen and oxygen atoms in total. The second kappa shape index (κ2) is 9.70. The highest BCUT2D eigenvalue weighted by molar-refractivity contribution is 5.81. The van der Waals surface area contributed by atoms with Crippen LogP contribution in [0.5, 0.6) is 0 Å². The average molecular weight is 365 g/mol. The molecular formula is C20H36N4O2. The highest BCUT2D eigenvalue weighted by Crippen LogP contribution is 2.27. The minimum Gasteiger partial charge on any atom is -0.356 e. The molecule has 1 aliphatic carbocycles. The Kier molecular flexibility index (Phi) is 7.32. The van der Waals surface area contributed by atoms with Crippen molar-refractivity contribution in [3.05, 3.63) is 0 Å². The van der Waals surface area contributed by atoms with Gasteiger partial charge >= 0.3 is 0 Å². The number of nitrogens with zero attached hydrogens (tertiary/aromatic N) is 2. The molecule has 0 bridgehead atoms. The Balaban J connectivity index is 1.32. The number of nitrogens with two attached hydrogens (primary N) is 1. The summed E-state index contributed by atoms with van der Waals surface area (Å²) in [5.74, 6) is 0.622. The number of amides is 2. The van der Waals surface area contributed by atoms with Crippen molar-refractivity contribution < 1.29 is 9.59 Å². The van der Waals surface area contributed by atoms with Gasteiger partial charge in [0.25, 0.3) is 0 Å². The Morgan fingerprint density at radius 2 is 1.65 bits per heavy atom. The van der Waals surface area contributed by atoms with Crippen molar-refractivity contribution in [3.63, 3.8) is 0 Å². The van der Waals surface area contributed by atoms with E-state index >= 15 is 0 Å². The predicted molar refractivity (Wildman–Crippen MR) is 103 cm³/mol. The smallest absolute Gasteiger partial charge is 0.225 e. The van der Waals surface area contributed by atoms with E-state index in [1.807, 2.05) is 4.90 Å². The van der Waals surface area contributed by atoms with Gasteiger partial charge in [-0.2, -0.15) is 0 Å². The normalized spacial score (nSPS) is 28.3. The Morgan fingerprint density at radius 3 is 2.35 bits per heavy atom. The zero-order valence-corrected chi connectivity index (χ0v) is 16.1.